The lowest BCUT2D eigenvalue weighted by Crippen LogP contribution is -2.46. The molecule has 1 amide bonds. The molecule has 3 rings (SSSR count). The number of benzene rings is 1. The minimum atomic E-state index is -3.71. The van der Waals surface area contributed by atoms with Gasteiger partial charge in [-0.3, -0.25) is 4.79 Å². The number of nitrogens with zero attached hydrogens (tertiary/aromatic N) is 1. The number of piperidine rings is 1. The van der Waals surface area contributed by atoms with E-state index in [2.05, 4.69) is 5.32 Å². The number of nitrogens with one attached hydrogen (secondary N) is 1. The van der Waals surface area contributed by atoms with E-state index in [9.17, 15) is 17.6 Å². The molecule has 5 nitrogen and oxygen atoms in total. The van der Waals surface area contributed by atoms with Crippen molar-refractivity contribution in [1.29, 1.82) is 0 Å². The van der Waals surface area contributed by atoms with Crippen LogP contribution in [0.2, 0.25) is 0 Å². The van der Waals surface area contributed by atoms with E-state index >= 15 is 0 Å². The average Bonchev–Trinajstić information content (AvgIpc) is 2.66. The fourth-order valence-corrected chi connectivity index (χ4v) is 4.85. The quantitative estimate of drug-likeness (QED) is 0.899. The molecule has 2 heterocycles. The van der Waals surface area contributed by atoms with Gasteiger partial charge in [0.2, 0.25) is 15.9 Å². The van der Waals surface area contributed by atoms with Crippen molar-refractivity contribution in [1.82, 2.24) is 4.31 Å². The van der Waals surface area contributed by atoms with Crippen molar-refractivity contribution in [3.8, 4) is 0 Å². The van der Waals surface area contributed by atoms with E-state index in [0.29, 0.717) is 44.3 Å². The molecule has 1 N–H and O–H groups in total. The van der Waals surface area contributed by atoms with E-state index in [-0.39, 0.29) is 17.3 Å². The first-order valence-corrected chi connectivity index (χ1v) is 9.34. The second-order valence-corrected chi connectivity index (χ2v) is 8.51. The van der Waals surface area contributed by atoms with Crippen molar-refractivity contribution in [2.75, 3.05) is 18.4 Å². The van der Waals surface area contributed by atoms with Gasteiger partial charge < -0.3 is 5.32 Å². The van der Waals surface area contributed by atoms with Crippen LogP contribution >= 0.6 is 0 Å². The summed E-state index contributed by atoms with van der Waals surface area (Å²) < 4.78 is 41.0. The number of carbonyl (C=O) groups is 1. The topological polar surface area (TPSA) is 66.5 Å². The van der Waals surface area contributed by atoms with Crippen LogP contribution in [0.4, 0.5) is 10.1 Å². The Morgan fingerprint density at radius 2 is 2.04 bits per heavy atom. The minimum absolute atomic E-state index is 0.0522. The first kappa shape index (κ1) is 16.4. The van der Waals surface area contributed by atoms with Crippen molar-refractivity contribution in [3.05, 3.63) is 23.8 Å². The lowest BCUT2D eigenvalue weighted by molar-refractivity contribution is -0.116. The zero-order valence-corrected chi connectivity index (χ0v) is 14.0. The van der Waals surface area contributed by atoms with E-state index in [1.165, 1.54) is 17.3 Å². The summed E-state index contributed by atoms with van der Waals surface area (Å²) in [7, 11) is -3.71. The Kier molecular flexibility index (Phi) is 4.18. The van der Waals surface area contributed by atoms with Crippen molar-refractivity contribution >= 4 is 21.6 Å². The smallest absolute Gasteiger partial charge is 0.243 e. The first-order valence-electron chi connectivity index (χ1n) is 7.90. The molecule has 0 saturated carbocycles. The summed E-state index contributed by atoms with van der Waals surface area (Å²) in [6.45, 7) is 1.68. The molecule has 126 valence electrons. The van der Waals surface area contributed by atoms with Gasteiger partial charge in [-0.25, -0.2) is 12.8 Å². The fraction of sp³-hybridized carbons (Fsp3) is 0.562. The molecule has 0 aliphatic carbocycles. The molecule has 1 saturated heterocycles. The highest BCUT2D eigenvalue weighted by atomic mass is 32.2. The van der Waals surface area contributed by atoms with Crippen molar-refractivity contribution in [3.63, 3.8) is 0 Å². The number of alkyl halides is 1. The monoisotopic (exact) mass is 340 g/mol. The van der Waals surface area contributed by atoms with Crippen molar-refractivity contribution in [2.24, 2.45) is 0 Å². The van der Waals surface area contributed by atoms with Gasteiger partial charge in [-0.2, -0.15) is 4.31 Å². The summed E-state index contributed by atoms with van der Waals surface area (Å²) >= 11 is 0. The largest absolute Gasteiger partial charge is 0.326 e. The summed E-state index contributed by atoms with van der Waals surface area (Å²) in [5, 5.41) is 2.79. The number of fused-ring (bicyclic) bond motifs is 1. The molecule has 1 aromatic rings. The molecule has 0 aromatic heterocycles. The number of rotatable bonds is 2. The molecular formula is C16H21FN2O3S. The van der Waals surface area contributed by atoms with Crippen LogP contribution < -0.4 is 5.32 Å². The Bertz CT molecular complexity index is 731. The molecule has 0 radical (unpaired) electrons. The van der Waals surface area contributed by atoms with E-state index in [4.69, 9.17) is 0 Å². The number of carbonyl (C=O) groups excluding carboxylic acids is 1. The van der Waals surface area contributed by atoms with Gasteiger partial charge in [0.25, 0.3) is 0 Å². The SMILES string of the molecule is CC1(F)CCCN(S(=O)(=O)c2ccc3c(c2)CCCC(=O)N3)C1. The highest BCUT2D eigenvalue weighted by molar-refractivity contribution is 7.89. The molecule has 23 heavy (non-hydrogen) atoms. The number of aryl methyl sites for hydroxylation is 1. The van der Waals surface area contributed by atoms with Gasteiger partial charge in [0.15, 0.2) is 0 Å². The number of anilines is 1. The highest BCUT2D eigenvalue weighted by Gasteiger charge is 2.37. The predicted molar refractivity (Wildman–Crippen MR) is 85.5 cm³/mol. The molecule has 1 fully saturated rings. The predicted octanol–water partition coefficient (Wildman–Crippen LogP) is 2.47. The second-order valence-electron chi connectivity index (χ2n) is 6.58. The molecule has 1 unspecified atom stereocenters. The molecule has 1 aromatic carbocycles. The summed E-state index contributed by atoms with van der Waals surface area (Å²) in [5.74, 6) is -0.0522. The van der Waals surface area contributed by atoms with Gasteiger partial charge >= 0.3 is 0 Å². The zero-order chi connectivity index (χ0) is 16.7. The van der Waals surface area contributed by atoms with E-state index < -0.39 is 15.7 Å². The van der Waals surface area contributed by atoms with Crippen LogP contribution in [0.3, 0.4) is 0 Å². The van der Waals surface area contributed by atoms with Crippen LogP contribution in [0, 0.1) is 0 Å². The zero-order valence-electron chi connectivity index (χ0n) is 13.1. The Hall–Kier alpha value is -1.47. The molecule has 1 atom stereocenters. The van der Waals surface area contributed by atoms with Crippen LogP contribution in [0.5, 0.6) is 0 Å². The standard InChI is InChI=1S/C16H21FN2O3S/c1-16(17)8-3-9-19(11-16)23(21,22)13-6-7-14-12(10-13)4-2-5-15(20)18-14/h6-7,10H,2-5,8-9,11H2,1H3,(H,18,20). The Morgan fingerprint density at radius 3 is 2.78 bits per heavy atom. The summed E-state index contributed by atoms with van der Waals surface area (Å²) in [5.41, 5.74) is 0.00251. The van der Waals surface area contributed by atoms with Gasteiger partial charge in [0, 0.05) is 25.2 Å². The maximum Gasteiger partial charge on any atom is 0.243 e. The number of hydrogen-bond acceptors (Lipinski definition) is 3. The normalized spacial score (nSPS) is 26.3. The number of halogens is 1. The first-order chi connectivity index (χ1) is 10.8. The van der Waals surface area contributed by atoms with Gasteiger partial charge in [-0.05, 0) is 56.4 Å². The van der Waals surface area contributed by atoms with Crippen LogP contribution in [0.25, 0.3) is 0 Å². The minimum Gasteiger partial charge on any atom is -0.326 e. The lowest BCUT2D eigenvalue weighted by Gasteiger charge is -2.34. The van der Waals surface area contributed by atoms with Gasteiger partial charge in [0.1, 0.15) is 5.67 Å². The van der Waals surface area contributed by atoms with E-state index in [1.807, 2.05) is 0 Å². The lowest BCUT2D eigenvalue weighted by atomic mass is 9.99. The molecule has 0 bridgehead atoms. The molecule has 2 aliphatic heterocycles. The average molecular weight is 340 g/mol. The van der Waals surface area contributed by atoms with Crippen molar-refractivity contribution < 1.29 is 17.6 Å². The maximum atomic E-state index is 14.2. The van der Waals surface area contributed by atoms with Gasteiger partial charge in [-0.1, -0.05) is 0 Å². The number of sulfonamides is 1. The highest BCUT2D eigenvalue weighted by Crippen LogP contribution is 2.31. The van der Waals surface area contributed by atoms with Crippen LogP contribution in [-0.4, -0.2) is 37.4 Å². The third-order valence-corrected chi connectivity index (χ3v) is 6.29. The van der Waals surface area contributed by atoms with Crippen LogP contribution in [0.15, 0.2) is 23.1 Å². The number of hydrogen-bond donors (Lipinski definition) is 1. The third-order valence-electron chi connectivity index (χ3n) is 4.45. The van der Waals surface area contributed by atoms with Crippen LogP contribution in [0.1, 0.15) is 38.2 Å². The second kappa shape index (κ2) is 5.87. The summed E-state index contributed by atoms with van der Waals surface area (Å²) in [6, 6.07) is 4.73. The van der Waals surface area contributed by atoms with Gasteiger partial charge in [0.05, 0.1) is 4.90 Å². The molecule has 0 spiro atoms. The number of amides is 1. The Morgan fingerprint density at radius 1 is 1.26 bits per heavy atom. The molecule has 7 heteroatoms. The summed E-state index contributed by atoms with van der Waals surface area (Å²) in [4.78, 5) is 11.7. The fourth-order valence-electron chi connectivity index (χ4n) is 3.22. The summed E-state index contributed by atoms with van der Waals surface area (Å²) in [6.07, 6.45) is 2.68. The van der Waals surface area contributed by atoms with E-state index in [0.717, 1.165) is 5.56 Å². The van der Waals surface area contributed by atoms with Gasteiger partial charge in [-0.15, -0.1) is 0 Å². The molecule has 2 aliphatic rings. The third kappa shape index (κ3) is 3.40. The van der Waals surface area contributed by atoms with Crippen LogP contribution in [-0.2, 0) is 21.2 Å². The molecular weight excluding hydrogens is 319 g/mol. The van der Waals surface area contributed by atoms with Crippen molar-refractivity contribution in [2.45, 2.75) is 49.6 Å². The van der Waals surface area contributed by atoms with E-state index in [1.54, 1.807) is 12.1 Å². The maximum absolute atomic E-state index is 14.2. The Balaban J connectivity index is 1.92. The Labute approximate surface area is 135 Å².